The van der Waals surface area contributed by atoms with Gasteiger partial charge in [0.15, 0.2) is 28.7 Å². The smallest absolute Gasteiger partial charge is 0.200 e. The molecule has 0 aliphatic rings. The Bertz CT molecular complexity index is 956. The Morgan fingerprint density at radius 2 is 1.39 bits per heavy atom. The third-order valence-electron chi connectivity index (χ3n) is 5.49. The summed E-state index contributed by atoms with van der Waals surface area (Å²) in [4.78, 5) is 12.2. The standard InChI is InChI=1S/C23H34NO8P/c1-24(2,10-3-6-18-15-21(27)23(29)22(28)16-18)11-5-13-33(30,31)32-12-4-7-17-8-9-19(25)20(26)14-17/h8-9,14-16H,3-7,10-13H2,1-2H3,(H5-,25,26,27,28,29,30,31). The van der Waals surface area contributed by atoms with Crippen LogP contribution in [0, 0.1) is 0 Å². The predicted molar refractivity (Wildman–Crippen MR) is 123 cm³/mol. The first-order valence-corrected chi connectivity index (χ1v) is 12.6. The molecular weight excluding hydrogens is 449 g/mol. The highest BCUT2D eigenvalue weighted by molar-refractivity contribution is 7.51. The van der Waals surface area contributed by atoms with Crippen molar-refractivity contribution in [2.45, 2.75) is 32.1 Å². The number of nitrogens with zero attached hydrogens (tertiary/aromatic N) is 1. The van der Waals surface area contributed by atoms with E-state index in [1.165, 1.54) is 24.3 Å². The maximum absolute atomic E-state index is 12.2. The second-order valence-corrected chi connectivity index (χ2v) is 10.8. The first-order valence-electron chi connectivity index (χ1n) is 10.9. The Kier molecular flexibility index (Phi) is 9.43. The quantitative estimate of drug-likeness (QED) is 0.126. The number of aromatic hydroxyl groups is 5. The fraction of sp³-hybridized carbons (Fsp3) is 0.478. The first kappa shape index (κ1) is 26.8. The number of benzene rings is 2. The molecule has 0 aliphatic carbocycles. The van der Waals surface area contributed by atoms with Crippen molar-refractivity contribution in [3.05, 3.63) is 41.5 Å². The molecule has 0 aliphatic heterocycles. The van der Waals surface area contributed by atoms with E-state index in [1.807, 2.05) is 14.1 Å². The van der Waals surface area contributed by atoms with Crippen molar-refractivity contribution in [2.24, 2.45) is 0 Å². The van der Waals surface area contributed by atoms with Crippen molar-refractivity contribution in [1.29, 1.82) is 0 Å². The van der Waals surface area contributed by atoms with E-state index in [0.29, 0.717) is 42.3 Å². The van der Waals surface area contributed by atoms with Gasteiger partial charge in [0, 0.05) is 19.0 Å². The molecule has 0 saturated heterocycles. The van der Waals surface area contributed by atoms with E-state index in [-0.39, 0.29) is 35.8 Å². The van der Waals surface area contributed by atoms with Crippen LogP contribution < -0.4 is 4.89 Å². The molecule has 0 spiro atoms. The zero-order valence-electron chi connectivity index (χ0n) is 19.1. The summed E-state index contributed by atoms with van der Waals surface area (Å²) >= 11 is 0. The van der Waals surface area contributed by atoms with Gasteiger partial charge in [-0.15, -0.1) is 0 Å². The average molecular weight is 483 g/mol. The predicted octanol–water partition coefficient (Wildman–Crippen LogP) is 2.82. The van der Waals surface area contributed by atoms with Crippen molar-refractivity contribution in [3.8, 4) is 28.7 Å². The highest BCUT2D eigenvalue weighted by Crippen LogP contribution is 2.38. The van der Waals surface area contributed by atoms with Gasteiger partial charge in [-0.1, -0.05) is 6.07 Å². The molecule has 5 N–H and O–H groups in total. The van der Waals surface area contributed by atoms with Crippen LogP contribution in [-0.4, -0.2) is 70.0 Å². The van der Waals surface area contributed by atoms with E-state index in [9.17, 15) is 35.0 Å². The Balaban J connectivity index is 1.67. The zero-order valence-corrected chi connectivity index (χ0v) is 20.0. The second-order valence-electron chi connectivity index (χ2n) is 8.92. The molecule has 2 aromatic rings. The average Bonchev–Trinajstić information content (AvgIpc) is 2.71. The van der Waals surface area contributed by atoms with Gasteiger partial charge in [0.25, 0.3) is 0 Å². The summed E-state index contributed by atoms with van der Waals surface area (Å²) in [6.45, 7) is 1.48. The maximum atomic E-state index is 12.2. The molecule has 0 radical (unpaired) electrons. The highest BCUT2D eigenvalue weighted by atomic mass is 31.2. The van der Waals surface area contributed by atoms with E-state index >= 15 is 0 Å². The summed E-state index contributed by atoms with van der Waals surface area (Å²) in [5, 5.41) is 47.4. The van der Waals surface area contributed by atoms with Gasteiger partial charge in [0.1, 0.15) is 7.60 Å². The summed E-state index contributed by atoms with van der Waals surface area (Å²) in [5.74, 6) is -1.64. The molecule has 0 heterocycles. The van der Waals surface area contributed by atoms with E-state index < -0.39 is 13.3 Å². The van der Waals surface area contributed by atoms with Crippen molar-refractivity contribution >= 4 is 7.60 Å². The molecule has 9 nitrogen and oxygen atoms in total. The third-order valence-corrected chi connectivity index (χ3v) is 6.93. The molecule has 1 atom stereocenters. The highest BCUT2D eigenvalue weighted by Gasteiger charge is 2.17. The number of hydrogen-bond donors (Lipinski definition) is 5. The molecule has 0 aromatic heterocycles. The van der Waals surface area contributed by atoms with Gasteiger partial charge < -0.3 is 44.0 Å². The van der Waals surface area contributed by atoms with Crippen molar-refractivity contribution < 1.29 is 44.0 Å². The maximum Gasteiger partial charge on any atom is 0.200 e. The van der Waals surface area contributed by atoms with E-state index in [4.69, 9.17) is 4.52 Å². The molecule has 10 heteroatoms. The second kappa shape index (κ2) is 11.6. The lowest BCUT2D eigenvalue weighted by atomic mass is 10.1. The number of phenols is 5. The van der Waals surface area contributed by atoms with Crippen LogP contribution in [0.1, 0.15) is 30.4 Å². The normalized spacial score (nSPS) is 13.7. The number of rotatable bonds is 13. The van der Waals surface area contributed by atoms with Gasteiger partial charge in [-0.25, -0.2) is 0 Å². The van der Waals surface area contributed by atoms with Crippen LogP contribution in [0.2, 0.25) is 0 Å². The number of phenolic OH excluding ortho intramolecular Hbond substituents is 5. The molecule has 0 amide bonds. The van der Waals surface area contributed by atoms with Crippen LogP contribution in [0.25, 0.3) is 0 Å². The minimum atomic E-state index is -3.94. The van der Waals surface area contributed by atoms with Gasteiger partial charge in [-0.2, -0.15) is 0 Å². The minimum Gasteiger partial charge on any atom is -0.778 e. The molecule has 0 bridgehead atoms. The lowest BCUT2D eigenvalue weighted by molar-refractivity contribution is -0.890. The van der Waals surface area contributed by atoms with Crippen LogP contribution in [0.15, 0.2) is 30.3 Å². The van der Waals surface area contributed by atoms with Gasteiger partial charge in [0.2, 0.25) is 0 Å². The van der Waals surface area contributed by atoms with Crippen LogP contribution in [0.3, 0.4) is 0 Å². The van der Waals surface area contributed by atoms with Gasteiger partial charge in [0.05, 0.1) is 33.8 Å². The molecule has 184 valence electrons. The monoisotopic (exact) mass is 483 g/mol. The van der Waals surface area contributed by atoms with Crippen LogP contribution in [0.4, 0.5) is 0 Å². The van der Waals surface area contributed by atoms with E-state index in [1.54, 1.807) is 6.07 Å². The summed E-state index contributed by atoms with van der Waals surface area (Å²) in [7, 11) is 0.0833. The fourth-order valence-electron chi connectivity index (χ4n) is 3.59. The minimum absolute atomic E-state index is 0.0472. The Labute approximate surface area is 194 Å². The molecule has 1 unspecified atom stereocenters. The topological polar surface area (TPSA) is 151 Å². The van der Waals surface area contributed by atoms with E-state index in [2.05, 4.69) is 0 Å². The lowest BCUT2D eigenvalue weighted by Gasteiger charge is -2.31. The zero-order chi connectivity index (χ0) is 24.6. The Hall–Kier alpha value is -2.45. The van der Waals surface area contributed by atoms with E-state index in [0.717, 1.165) is 18.5 Å². The third kappa shape index (κ3) is 9.14. The molecule has 33 heavy (non-hydrogen) atoms. The lowest BCUT2D eigenvalue weighted by Crippen LogP contribution is -2.41. The van der Waals surface area contributed by atoms with Gasteiger partial charge in [-0.05, 0) is 54.7 Å². The Morgan fingerprint density at radius 1 is 0.818 bits per heavy atom. The van der Waals surface area contributed by atoms with Crippen molar-refractivity contribution in [2.75, 3.05) is 40.0 Å². The SMILES string of the molecule is C[N+](C)(CCCc1cc(O)c(O)c(O)c1)CCCP(=O)([O-])OCCCc1ccc(O)c(O)c1. The summed E-state index contributed by atoms with van der Waals surface area (Å²) < 4.78 is 17.9. The largest absolute Gasteiger partial charge is 0.778 e. The molecule has 0 saturated carbocycles. The first-order chi connectivity index (χ1) is 15.4. The fourth-order valence-corrected chi connectivity index (χ4v) is 4.65. The number of quaternary nitrogens is 1. The number of hydrogen-bond acceptors (Lipinski definition) is 8. The summed E-state index contributed by atoms with van der Waals surface area (Å²) in [6.07, 6.45) is 2.77. The van der Waals surface area contributed by atoms with Crippen molar-refractivity contribution in [1.82, 2.24) is 0 Å². The molecule has 0 fully saturated rings. The van der Waals surface area contributed by atoms with Crippen LogP contribution in [0.5, 0.6) is 28.7 Å². The number of aryl methyl sites for hydroxylation is 2. The van der Waals surface area contributed by atoms with Gasteiger partial charge in [-0.3, -0.25) is 0 Å². The summed E-state index contributed by atoms with van der Waals surface area (Å²) in [5.41, 5.74) is 1.49. The van der Waals surface area contributed by atoms with Gasteiger partial charge >= 0.3 is 0 Å². The Morgan fingerprint density at radius 3 is 2.03 bits per heavy atom. The molecular formula is C23H34NO8P. The van der Waals surface area contributed by atoms with Crippen LogP contribution in [-0.2, 0) is 21.9 Å². The summed E-state index contributed by atoms with van der Waals surface area (Å²) in [6, 6.07) is 7.34. The van der Waals surface area contributed by atoms with Crippen molar-refractivity contribution in [3.63, 3.8) is 0 Å². The van der Waals surface area contributed by atoms with Crippen LogP contribution >= 0.6 is 7.60 Å². The molecule has 2 aromatic carbocycles. The molecule has 2 rings (SSSR count).